The fraction of sp³-hybridized carbons (Fsp3) is 0.368. The monoisotopic (exact) mass is 368 g/mol. The second kappa shape index (κ2) is 7.30. The highest BCUT2D eigenvalue weighted by atomic mass is 19.1. The Balaban J connectivity index is 1.45. The van der Waals surface area contributed by atoms with Gasteiger partial charge in [-0.3, -0.25) is 0 Å². The minimum atomic E-state index is -0.459. The highest BCUT2D eigenvalue weighted by Gasteiger charge is 2.36. The van der Waals surface area contributed by atoms with Crippen molar-refractivity contribution in [1.82, 2.24) is 19.9 Å². The van der Waals surface area contributed by atoms with Crippen molar-refractivity contribution >= 4 is 18.2 Å². The summed E-state index contributed by atoms with van der Waals surface area (Å²) < 4.78 is 13.0. The summed E-state index contributed by atoms with van der Waals surface area (Å²) in [4.78, 5) is 25.0. The Morgan fingerprint density at radius 2 is 1.89 bits per heavy atom. The van der Waals surface area contributed by atoms with E-state index in [0.29, 0.717) is 32.0 Å². The van der Waals surface area contributed by atoms with Gasteiger partial charge in [0.15, 0.2) is 5.82 Å². The molecule has 0 radical (unpaired) electrons. The van der Waals surface area contributed by atoms with E-state index in [4.69, 9.17) is 0 Å². The third-order valence-corrected chi connectivity index (χ3v) is 4.97. The molecule has 0 aliphatic carbocycles. The lowest BCUT2D eigenvalue weighted by Crippen LogP contribution is -2.57. The van der Waals surface area contributed by atoms with Crippen molar-refractivity contribution in [1.29, 1.82) is 0 Å². The minimum absolute atomic E-state index is 0.0351. The molecule has 1 aromatic heterocycles. The Hall–Kier alpha value is -3.03. The zero-order valence-corrected chi connectivity index (χ0v) is 15.1. The van der Waals surface area contributed by atoms with Crippen LogP contribution >= 0.6 is 0 Å². The molecule has 1 saturated heterocycles. The van der Waals surface area contributed by atoms with E-state index < -0.39 is 5.82 Å². The second-order valence-electron chi connectivity index (χ2n) is 6.78. The van der Waals surface area contributed by atoms with Gasteiger partial charge < -0.3 is 9.80 Å². The SMILES string of the molecule is CC1CN(c2ncc(F)cn2)CCN1C(=O)N1N=CC[C@@H]1c1ccccc1. The number of hydrogen-bond acceptors (Lipinski definition) is 5. The van der Waals surface area contributed by atoms with E-state index in [1.165, 1.54) is 0 Å². The maximum Gasteiger partial charge on any atom is 0.341 e. The van der Waals surface area contributed by atoms with Crippen molar-refractivity contribution in [3.8, 4) is 0 Å². The van der Waals surface area contributed by atoms with E-state index in [1.54, 1.807) is 11.2 Å². The number of benzene rings is 1. The topological polar surface area (TPSA) is 64.9 Å². The maximum atomic E-state index is 13.1. The molecular weight excluding hydrogens is 347 g/mol. The van der Waals surface area contributed by atoms with Crippen LogP contribution in [0.1, 0.15) is 24.9 Å². The number of nitrogens with zero attached hydrogens (tertiary/aromatic N) is 6. The standard InChI is InChI=1S/C19H21FN6O/c1-14-13-24(18-21-11-16(20)12-22-18)9-10-25(14)19(27)26-17(7-8-23-26)15-5-3-2-4-6-15/h2-6,8,11-12,14,17H,7,9-10,13H2,1H3/t14?,17-/m1/s1. The summed E-state index contributed by atoms with van der Waals surface area (Å²) in [5, 5.41) is 5.91. The van der Waals surface area contributed by atoms with Crippen molar-refractivity contribution in [2.24, 2.45) is 5.10 Å². The Morgan fingerprint density at radius 1 is 1.15 bits per heavy atom. The molecule has 8 heteroatoms. The van der Waals surface area contributed by atoms with Crippen molar-refractivity contribution in [2.75, 3.05) is 24.5 Å². The molecule has 2 aromatic rings. The zero-order valence-electron chi connectivity index (χ0n) is 15.1. The number of hydrazone groups is 1. The van der Waals surface area contributed by atoms with Crippen LogP contribution in [0.3, 0.4) is 0 Å². The van der Waals surface area contributed by atoms with Crippen LogP contribution in [-0.2, 0) is 0 Å². The van der Waals surface area contributed by atoms with Gasteiger partial charge >= 0.3 is 6.03 Å². The first-order valence-electron chi connectivity index (χ1n) is 9.03. The van der Waals surface area contributed by atoms with E-state index in [9.17, 15) is 9.18 Å². The van der Waals surface area contributed by atoms with Crippen LogP contribution in [0.2, 0.25) is 0 Å². The summed E-state index contributed by atoms with van der Waals surface area (Å²) in [6.45, 7) is 3.71. The summed E-state index contributed by atoms with van der Waals surface area (Å²) in [5.74, 6) is 0.0242. The Labute approximate surface area is 157 Å². The minimum Gasteiger partial charge on any atom is -0.337 e. The molecule has 0 saturated carbocycles. The third-order valence-electron chi connectivity index (χ3n) is 4.97. The smallest absolute Gasteiger partial charge is 0.337 e. The highest BCUT2D eigenvalue weighted by Crippen LogP contribution is 2.30. The molecule has 3 heterocycles. The lowest BCUT2D eigenvalue weighted by molar-refractivity contribution is 0.121. The van der Waals surface area contributed by atoms with E-state index in [2.05, 4.69) is 15.1 Å². The van der Waals surface area contributed by atoms with Crippen LogP contribution in [-0.4, -0.2) is 57.8 Å². The molecule has 1 aromatic carbocycles. The number of hydrogen-bond donors (Lipinski definition) is 0. The number of piperazine rings is 1. The van der Waals surface area contributed by atoms with Gasteiger partial charge in [0.2, 0.25) is 5.95 Å². The molecule has 0 N–H and O–H groups in total. The largest absolute Gasteiger partial charge is 0.341 e. The van der Waals surface area contributed by atoms with Crippen LogP contribution < -0.4 is 4.90 Å². The lowest BCUT2D eigenvalue weighted by atomic mass is 10.0. The average Bonchev–Trinajstić information content (AvgIpc) is 3.18. The van der Waals surface area contributed by atoms with Gasteiger partial charge in [-0.2, -0.15) is 5.10 Å². The number of halogens is 1. The van der Waals surface area contributed by atoms with Gasteiger partial charge in [-0.25, -0.2) is 24.2 Å². The molecule has 1 fully saturated rings. The van der Waals surface area contributed by atoms with E-state index in [0.717, 1.165) is 18.0 Å². The van der Waals surface area contributed by atoms with Crippen LogP contribution in [0.25, 0.3) is 0 Å². The first-order chi connectivity index (χ1) is 13.1. The van der Waals surface area contributed by atoms with Crippen molar-refractivity contribution in [3.05, 3.63) is 54.1 Å². The summed E-state index contributed by atoms with van der Waals surface area (Å²) in [6.07, 6.45) is 4.83. The van der Waals surface area contributed by atoms with Crippen molar-refractivity contribution in [2.45, 2.75) is 25.4 Å². The summed E-state index contributed by atoms with van der Waals surface area (Å²) in [6, 6.07) is 9.76. The van der Waals surface area contributed by atoms with Crippen LogP contribution in [0.15, 0.2) is 47.8 Å². The molecule has 0 bridgehead atoms. The van der Waals surface area contributed by atoms with Gasteiger partial charge in [-0.05, 0) is 12.5 Å². The number of rotatable bonds is 2. The molecule has 2 atom stereocenters. The lowest BCUT2D eigenvalue weighted by Gasteiger charge is -2.41. The van der Waals surface area contributed by atoms with Gasteiger partial charge in [0.1, 0.15) is 0 Å². The molecule has 27 heavy (non-hydrogen) atoms. The van der Waals surface area contributed by atoms with E-state index >= 15 is 0 Å². The predicted octanol–water partition coefficient (Wildman–Crippen LogP) is 2.68. The number of carbonyl (C=O) groups is 1. The van der Waals surface area contributed by atoms with Crippen LogP contribution in [0.4, 0.5) is 15.1 Å². The number of carbonyl (C=O) groups excluding carboxylic acids is 1. The first-order valence-corrected chi connectivity index (χ1v) is 9.03. The Bertz CT molecular complexity index is 828. The molecule has 1 unspecified atom stereocenters. The van der Waals surface area contributed by atoms with Gasteiger partial charge in [0.05, 0.1) is 18.4 Å². The number of urea groups is 1. The van der Waals surface area contributed by atoms with E-state index in [-0.39, 0.29) is 18.1 Å². The fourth-order valence-electron chi connectivity index (χ4n) is 3.57. The predicted molar refractivity (Wildman–Crippen MR) is 99.9 cm³/mol. The van der Waals surface area contributed by atoms with E-state index in [1.807, 2.05) is 47.1 Å². The first kappa shape index (κ1) is 17.4. The molecule has 7 nitrogen and oxygen atoms in total. The summed E-state index contributed by atoms with van der Waals surface area (Å²) in [7, 11) is 0. The van der Waals surface area contributed by atoms with Gasteiger partial charge in [-0.15, -0.1) is 0 Å². The molecule has 4 rings (SSSR count). The molecule has 2 aliphatic heterocycles. The summed E-state index contributed by atoms with van der Waals surface area (Å²) >= 11 is 0. The highest BCUT2D eigenvalue weighted by molar-refractivity contribution is 5.79. The second-order valence-corrected chi connectivity index (χ2v) is 6.78. The van der Waals surface area contributed by atoms with Crippen molar-refractivity contribution < 1.29 is 9.18 Å². The number of anilines is 1. The molecule has 2 amide bonds. The third kappa shape index (κ3) is 3.47. The van der Waals surface area contributed by atoms with Gasteiger partial charge in [-0.1, -0.05) is 30.3 Å². The Kier molecular flexibility index (Phi) is 4.70. The Morgan fingerprint density at radius 3 is 2.59 bits per heavy atom. The number of amides is 2. The molecule has 2 aliphatic rings. The molecule has 0 spiro atoms. The van der Waals surface area contributed by atoms with Crippen molar-refractivity contribution in [3.63, 3.8) is 0 Å². The zero-order chi connectivity index (χ0) is 18.8. The van der Waals surface area contributed by atoms with Crippen LogP contribution in [0, 0.1) is 5.82 Å². The summed E-state index contributed by atoms with van der Waals surface area (Å²) in [5.41, 5.74) is 1.08. The fourth-order valence-corrected chi connectivity index (χ4v) is 3.57. The molecular formula is C19H21FN6O. The quantitative estimate of drug-likeness (QED) is 0.818. The van der Waals surface area contributed by atoms with Crippen LogP contribution in [0.5, 0.6) is 0 Å². The van der Waals surface area contributed by atoms with Gasteiger partial charge in [0, 0.05) is 38.3 Å². The van der Waals surface area contributed by atoms with Gasteiger partial charge in [0.25, 0.3) is 0 Å². The normalized spacial score (nSPS) is 22.4. The molecule has 140 valence electrons. The number of aromatic nitrogens is 2. The maximum absolute atomic E-state index is 13.1. The average molecular weight is 368 g/mol.